The fourth-order valence-electron chi connectivity index (χ4n) is 3.13. The number of aromatic nitrogens is 2. The SMILES string of the molecule is Cn1ccc2cc(B(O)c3ccc4c(ccn4C)c3)ccc21. The van der Waals surface area contributed by atoms with Crippen LogP contribution >= 0.6 is 0 Å². The van der Waals surface area contributed by atoms with E-state index in [0.717, 1.165) is 21.7 Å². The first kappa shape index (κ1) is 13.2. The zero-order chi connectivity index (χ0) is 15.3. The molecular formula is C18H17BN2O. The minimum Gasteiger partial charge on any atom is -0.443 e. The molecule has 0 aliphatic rings. The molecule has 108 valence electrons. The topological polar surface area (TPSA) is 30.1 Å². The van der Waals surface area contributed by atoms with Crippen LogP contribution in [0.5, 0.6) is 0 Å². The van der Waals surface area contributed by atoms with E-state index in [0.29, 0.717) is 0 Å². The molecule has 4 aromatic rings. The normalized spacial score (nSPS) is 11.4. The summed E-state index contributed by atoms with van der Waals surface area (Å²) in [5.41, 5.74) is 4.20. The van der Waals surface area contributed by atoms with Crippen molar-refractivity contribution in [2.45, 2.75) is 0 Å². The largest absolute Gasteiger partial charge is 0.443 e. The van der Waals surface area contributed by atoms with Crippen LogP contribution in [0.1, 0.15) is 0 Å². The van der Waals surface area contributed by atoms with Crippen LogP contribution in [0.2, 0.25) is 0 Å². The van der Waals surface area contributed by atoms with Crippen LogP contribution in [-0.4, -0.2) is 21.1 Å². The Bertz CT molecular complexity index is 903. The van der Waals surface area contributed by atoms with Gasteiger partial charge in [-0.15, -0.1) is 0 Å². The Balaban J connectivity index is 1.78. The Morgan fingerprint density at radius 1 is 0.727 bits per heavy atom. The van der Waals surface area contributed by atoms with Gasteiger partial charge in [-0.05, 0) is 46.0 Å². The molecule has 0 unspecified atom stereocenters. The van der Waals surface area contributed by atoms with E-state index in [9.17, 15) is 5.02 Å². The number of rotatable bonds is 2. The molecule has 0 aliphatic carbocycles. The highest BCUT2D eigenvalue weighted by atomic mass is 16.2. The lowest BCUT2D eigenvalue weighted by Gasteiger charge is -2.09. The minimum absolute atomic E-state index is 0.603. The van der Waals surface area contributed by atoms with Crippen molar-refractivity contribution < 1.29 is 5.02 Å². The molecule has 0 radical (unpaired) electrons. The van der Waals surface area contributed by atoms with Gasteiger partial charge >= 0.3 is 6.92 Å². The van der Waals surface area contributed by atoms with Gasteiger partial charge in [0.15, 0.2) is 0 Å². The van der Waals surface area contributed by atoms with Crippen molar-refractivity contribution >= 4 is 39.6 Å². The molecule has 0 amide bonds. The van der Waals surface area contributed by atoms with Crippen LogP contribution in [0.15, 0.2) is 60.9 Å². The molecule has 0 saturated heterocycles. The molecule has 22 heavy (non-hydrogen) atoms. The standard InChI is InChI=1S/C18H17BN2O/c1-20-9-7-13-11-15(3-5-17(13)20)19(22)16-4-6-18-14(12-16)8-10-21(18)2/h3-12,22H,1-2H3. The Labute approximate surface area is 129 Å². The summed E-state index contributed by atoms with van der Waals surface area (Å²) in [6, 6.07) is 16.4. The number of hydrogen-bond acceptors (Lipinski definition) is 1. The van der Waals surface area contributed by atoms with E-state index >= 15 is 0 Å². The second kappa shape index (κ2) is 4.78. The first-order chi connectivity index (χ1) is 10.6. The molecule has 0 atom stereocenters. The van der Waals surface area contributed by atoms with Crippen molar-refractivity contribution in [2.24, 2.45) is 14.1 Å². The van der Waals surface area contributed by atoms with E-state index in [4.69, 9.17) is 0 Å². The molecule has 0 aliphatic heterocycles. The van der Waals surface area contributed by atoms with Crippen LogP contribution in [0, 0.1) is 0 Å². The molecule has 2 aromatic heterocycles. The molecule has 0 spiro atoms. The first-order valence-corrected chi connectivity index (χ1v) is 7.41. The van der Waals surface area contributed by atoms with Gasteiger partial charge in [-0.25, -0.2) is 0 Å². The molecule has 4 heteroatoms. The quantitative estimate of drug-likeness (QED) is 0.560. The van der Waals surface area contributed by atoms with Crippen LogP contribution in [0.4, 0.5) is 0 Å². The molecule has 0 saturated carbocycles. The summed E-state index contributed by atoms with van der Waals surface area (Å²) < 4.78 is 4.17. The summed E-state index contributed by atoms with van der Waals surface area (Å²) >= 11 is 0. The summed E-state index contributed by atoms with van der Waals surface area (Å²) in [5.74, 6) is 0. The van der Waals surface area contributed by atoms with E-state index in [1.165, 1.54) is 11.0 Å². The maximum Gasteiger partial charge on any atom is 0.358 e. The number of benzene rings is 2. The second-order valence-electron chi connectivity index (χ2n) is 5.89. The van der Waals surface area contributed by atoms with Crippen molar-refractivity contribution in [3.8, 4) is 0 Å². The predicted molar refractivity (Wildman–Crippen MR) is 93.1 cm³/mol. The van der Waals surface area contributed by atoms with Gasteiger partial charge < -0.3 is 14.2 Å². The molecule has 2 aromatic carbocycles. The van der Waals surface area contributed by atoms with E-state index in [1.54, 1.807) is 0 Å². The smallest absolute Gasteiger partial charge is 0.358 e. The monoisotopic (exact) mass is 288 g/mol. The fourth-order valence-corrected chi connectivity index (χ4v) is 3.13. The molecule has 0 bridgehead atoms. The molecule has 4 rings (SSSR count). The molecule has 0 fully saturated rings. The first-order valence-electron chi connectivity index (χ1n) is 7.41. The highest BCUT2D eigenvalue weighted by molar-refractivity contribution is 6.79. The van der Waals surface area contributed by atoms with Crippen molar-refractivity contribution in [3.63, 3.8) is 0 Å². The van der Waals surface area contributed by atoms with Crippen LogP contribution in [0.25, 0.3) is 21.8 Å². The fraction of sp³-hybridized carbons (Fsp3) is 0.111. The minimum atomic E-state index is -0.603. The number of nitrogens with zero attached hydrogens (tertiary/aromatic N) is 2. The van der Waals surface area contributed by atoms with Crippen molar-refractivity contribution in [1.82, 2.24) is 9.13 Å². The van der Waals surface area contributed by atoms with Gasteiger partial charge in [0.25, 0.3) is 0 Å². The van der Waals surface area contributed by atoms with E-state index in [2.05, 4.69) is 45.5 Å². The Morgan fingerprint density at radius 3 is 1.64 bits per heavy atom. The average Bonchev–Trinajstić information content (AvgIpc) is 3.10. The summed E-state index contributed by atoms with van der Waals surface area (Å²) in [4.78, 5) is 0. The lowest BCUT2D eigenvalue weighted by molar-refractivity contribution is 0.600. The summed E-state index contributed by atoms with van der Waals surface area (Å²) in [5, 5.41) is 13.0. The van der Waals surface area contributed by atoms with Gasteiger partial charge in [-0.2, -0.15) is 0 Å². The lowest BCUT2D eigenvalue weighted by atomic mass is 9.55. The average molecular weight is 288 g/mol. The Kier molecular flexibility index (Phi) is 2.88. The summed E-state index contributed by atoms with van der Waals surface area (Å²) in [7, 11) is 4.06. The summed E-state index contributed by atoms with van der Waals surface area (Å²) in [6.07, 6.45) is 4.08. The van der Waals surface area contributed by atoms with Gasteiger partial charge in [0, 0.05) is 37.5 Å². The van der Waals surface area contributed by atoms with Gasteiger partial charge in [-0.1, -0.05) is 24.3 Å². The van der Waals surface area contributed by atoms with Crippen molar-refractivity contribution in [3.05, 3.63) is 60.9 Å². The molecule has 3 nitrogen and oxygen atoms in total. The van der Waals surface area contributed by atoms with Gasteiger partial charge in [0.05, 0.1) is 0 Å². The van der Waals surface area contributed by atoms with Gasteiger partial charge in [0.2, 0.25) is 0 Å². The van der Waals surface area contributed by atoms with Crippen LogP contribution in [0.3, 0.4) is 0 Å². The highest BCUT2D eigenvalue weighted by Gasteiger charge is 2.18. The molecular weight excluding hydrogens is 271 g/mol. The van der Waals surface area contributed by atoms with Gasteiger partial charge in [-0.3, -0.25) is 0 Å². The molecule has 2 heterocycles. The van der Waals surface area contributed by atoms with Crippen LogP contribution in [-0.2, 0) is 14.1 Å². The number of aryl methyl sites for hydroxylation is 2. The van der Waals surface area contributed by atoms with Gasteiger partial charge in [0.1, 0.15) is 0 Å². The Hall–Kier alpha value is -2.46. The molecule has 1 N–H and O–H groups in total. The third kappa shape index (κ3) is 1.96. The van der Waals surface area contributed by atoms with E-state index < -0.39 is 6.92 Å². The van der Waals surface area contributed by atoms with Crippen LogP contribution < -0.4 is 10.9 Å². The predicted octanol–water partition coefficient (Wildman–Crippen LogP) is 1.77. The van der Waals surface area contributed by atoms with Crippen molar-refractivity contribution in [2.75, 3.05) is 0 Å². The maximum absolute atomic E-state index is 10.7. The number of fused-ring (bicyclic) bond motifs is 2. The summed E-state index contributed by atoms with van der Waals surface area (Å²) in [6.45, 7) is -0.603. The third-order valence-corrected chi connectivity index (χ3v) is 4.45. The van der Waals surface area contributed by atoms with E-state index in [-0.39, 0.29) is 0 Å². The third-order valence-electron chi connectivity index (χ3n) is 4.45. The van der Waals surface area contributed by atoms with E-state index in [1.807, 2.05) is 38.6 Å². The van der Waals surface area contributed by atoms with Crippen molar-refractivity contribution in [1.29, 1.82) is 0 Å². The zero-order valence-electron chi connectivity index (χ0n) is 12.7. The highest BCUT2D eigenvalue weighted by Crippen LogP contribution is 2.14. The zero-order valence-corrected chi connectivity index (χ0v) is 12.7. The lowest BCUT2D eigenvalue weighted by Crippen LogP contribution is -2.42. The Morgan fingerprint density at radius 2 is 1.18 bits per heavy atom. The maximum atomic E-state index is 10.7. The number of hydrogen-bond donors (Lipinski definition) is 1. The second-order valence-corrected chi connectivity index (χ2v) is 5.89.